The molecule has 6 heteroatoms. The van der Waals surface area contributed by atoms with Crippen LogP contribution in [0.3, 0.4) is 0 Å². The molecule has 0 radical (unpaired) electrons. The molecule has 2 aliphatic rings. The SMILES string of the molecule is CC(C)(C)OC(=O)N[C@H]1C[C@]2(CO)CCO[C@@H]2[C@H]1[Se]c1ccccc1. The number of rotatable bonds is 4. The maximum absolute atomic E-state index is 12.3. The van der Waals surface area contributed by atoms with Gasteiger partial charge >= 0.3 is 155 Å². The Balaban J connectivity index is 1.78. The number of alkyl carbamates (subject to hydrolysis) is 1. The Kier molecular flexibility index (Phi) is 5.45. The molecule has 2 fully saturated rings. The Morgan fingerprint density at radius 1 is 1.40 bits per heavy atom. The third kappa shape index (κ3) is 4.20. The van der Waals surface area contributed by atoms with Crippen molar-refractivity contribution >= 4 is 25.5 Å². The molecule has 1 aliphatic heterocycles. The number of amides is 1. The van der Waals surface area contributed by atoms with E-state index in [1.807, 2.05) is 39.0 Å². The zero-order chi connectivity index (χ0) is 18.1. The topological polar surface area (TPSA) is 67.8 Å². The average Bonchev–Trinajstić information content (AvgIpc) is 3.05. The molecule has 25 heavy (non-hydrogen) atoms. The molecule has 1 aliphatic carbocycles. The first-order valence-electron chi connectivity index (χ1n) is 8.77. The van der Waals surface area contributed by atoms with E-state index >= 15 is 0 Å². The molecule has 0 bridgehead atoms. The van der Waals surface area contributed by atoms with Crippen molar-refractivity contribution in [1.82, 2.24) is 5.32 Å². The molecule has 0 unspecified atom stereocenters. The van der Waals surface area contributed by atoms with E-state index in [4.69, 9.17) is 9.47 Å². The van der Waals surface area contributed by atoms with Gasteiger partial charge in [0.05, 0.1) is 0 Å². The minimum atomic E-state index is -0.524. The second kappa shape index (κ2) is 7.28. The van der Waals surface area contributed by atoms with E-state index in [0.29, 0.717) is 6.61 Å². The number of nitrogens with one attached hydrogen (secondary N) is 1. The summed E-state index contributed by atoms with van der Waals surface area (Å²) in [6.07, 6.45) is 1.20. The fraction of sp³-hybridized carbons (Fsp3) is 0.632. The van der Waals surface area contributed by atoms with Crippen LogP contribution in [-0.4, -0.2) is 57.1 Å². The number of fused-ring (bicyclic) bond motifs is 1. The van der Waals surface area contributed by atoms with Crippen molar-refractivity contribution in [3.63, 3.8) is 0 Å². The Bertz CT molecular complexity index is 603. The second-order valence-corrected chi connectivity index (χ2v) is 10.5. The van der Waals surface area contributed by atoms with Crippen LogP contribution in [-0.2, 0) is 9.47 Å². The number of hydrogen-bond donors (Lipinski definition) is 2. The van der Waals surface area contributed by atoms with Crippen molar-refractivity contribution in [3.05, 3.63) is 30.3 Å². The van der Waals surface area contributed by atoms with Gasteiger partial charge in [0.2, 0.25) is 0 Å². The van der Waals surface area contributed by atoms with Crippen LogP contribution in [0.5, 0.6) is 0 Å². The van der Waals surface area contributed by atoms with E-state index in [0.717, 1.165) is 12.8 Å². The van der Waals surface area contributed by atoms with Crippen molar-refractivity contribution in [2.45, 2.75) is 56.2 Å². The van der Waals surface area contributed by atoms with Gasteiger partial charge in [-0.15, -0.1) is 0 Å². The zero-order valence-corrected chi connectivity index (χ0v) is 16.7. The van der Waals surface area contributed by atoms with Gasteiger partial charge in [-0.05, 0) is 0 Å². The number of hydrogen-bond acceptors (Lipinski definition) is 4. The molecule has 3 rings (SSSR count). The number of ether oxygens (including phenoxy) is 2. The van der Waals surface area contributed by atoms with Gasteiger partial charge in [-0.1, -0.05) is 0 Å². The molecule has 1 aromatic rings. The number of benzene rings is 1. The van der Waals surface area contributed by atoms with Crippen LogP contribution in [0.25, 0.3) is 0 Å². The molecule has 2 N–H and O–H groups in total. The fourth-order valence-electron chi connectivity index (χ4n) is 3.76. The molecule has 1 saturated carbocycles. The van der Waals surface area contributed by atoms with Crippen LogP contribution in [0.1, 0.15) is 33.6 Å². The van der Waals surface area contributed by atoms with Gasteiger partial charge in [-0.25, -0.2) is 0 Å². The number of aliphatic hydroxyl groups excluding tert-OH is 1. The summed E-state index contributed by atoms with van der Waals surface area (Å²) in [5.41, 5.74) is -0.759. The van der Waals surface area contributed by atoms with Gasteiger partial charge in [0, 0.05) is 0 Å². The van der Waals surface area contributed by atoms with E-state index in [1.165, 1.54) is 4.46 Å². The Morgan fingerprint density at radius 2 is 2.12 bits per heavy atom. The minimum absolute atomic E-state index is 0.00218. The first kappa shape index (κ1) is 18.7. The molecule has 1 saturated heterocycles. The molecule has 4 atom stereocenters. The number of aliphatic hydroxyl groups is 1. The average molecular weight is 412 g/mol. The van der Waals surface area contributed by atoms with Crippen LogP contribution >= 0.6 is 0 Å². The van der Waals surface area contributed by atoms with E-state index in [-0.39, 0.29) is 50.0 Å². The van der Waals surface area contributed by atoms with E-state index < -0.39 is 5.60 Å². The van der Waals surface area contributed by atoms with Crippen LogP contribution in [0.2, 0.25) is 4.82 Å². The summed E-state index contributed by atoms with van der Waals surface area (Å²) in [6, 6.07) is 10.3. The monoisotopic (exact) mass is 413 g/mol. The normalized spacial score (nSPS) is 31.6. The second-order valence-electron chi connectivity index (χ2n) is 7.91. The summed E-state index contributed by atoms with van der Waals surface area (Å²) in [5, 5.41) is 13.1. The summed E-state index contributed by atoms with van der Waals surface area (Å²) in [7, 11) is 0. The molecular weight excluding hydrogens is 385 g/mol. The van der Waals surface area contributed by atoms with Crippen LogP contribution in [0.15, 0.2) is 30.3 Å². The van der Waals surface area contributed by atoms with E-state index in [9.17, 15) is 9.90 Å². The maximum atomic E-state index is 12.3. The Labute approximate surface area is 155 Å². The Hall–Kier alpha value is -1.07. The summed E-state index contributed by atoms with van der Waals surface area (Å²) in [6.45, 7) is 6.37. The number of carbonyl (C=O) groups excluding carboxylic acids is 1. The van der Waals surface area contributed by atoms with Gasteiger partial charge in [0.15, 0.2) is 0 Å². The predicted molar refractivity (Wildman–Crippen MR) is 97.2 cm³/mol. The third-order valence-corrected chi connectivity index (χ3v) is 7.78. The van der Waals surface area contributed by atoms with Gasteiger partial charge < -0.3 is 0 Å². The Morgan fingerprint density at radius 3 is 2.76 bits per heavy atom. The molecule has 0 spiro atoms. The fourth-order valence-corrected chi connectivity index (χ4v) is 6.80. The quantitative estimate of drug-likeness (QED) is 0.741. The zero-order valence-electron chi connectivity index (χ0n) is 15.0. The van der Waals surface area contributed by atoms with Crippen molar-refractivity contribution in [2.24, 2.45) is 5.41 Å². The van der Waals surface area contributed by atoms with E-state index in [1.54, 1.807) is 0 Å². The van der Waals surface area contributed by atoms with Gasteiger partial charge in [-0.3, -0.25) is 0 Å². The van der Waals surface area contributed by atoms with Gasteiger partial charge in [0.1, 0.15) is 0 Å². The first-order valence-corrected chi connectivity index (χ1v) is 10.6. The standard InChI is InChI=1S/C19H27NO4Se/c1-18(2,3)24-17(22)20-14-11-19(12-21)9-10-23-16(19)15(14)25-13-7-5-4-6-8-13/h4-8,14-16,21H,9-12H2,1-3H3,(H,20,22)/t14-,15-,16+,19-/m0/s1. The molecule has 1 aromatic carbocycles. The van der Waals surface area contributed by atoms with Crippen molar-refractivity contribution in [1.29, 1.82) is 0 Å². The molecular formula is C19H27NO4Se. The molecule has 5 nitrogen and oxygen atoms in total. The van der Waals surface area contributed by atoms with Crippen molar-refractivity contribution < 1.29 is 19.4 Å². The summed E-state index contributed by atoms with van der Waals surface area (Å²) < 4.78 is 12.8. The van der Waals surface area contributed by atoms with Gasteiger partial charge in [-0.2, -0.15) is 0 Å². The van der Waals surface area contributed by atoms with Crippen molar-refractivity contribution in [2.75, 3.05) is 13.2 Å². The third-order valence-electron chi connectivity index (χ3n) is 4.85. The van der Waals surface area contributed by atoms with Crippen LogP contribution < -0.4 is 9.78 Å². The van der Waals surface area contributed by atoms with Crippen LogP contribution in [0.4, 0.5) is 4.79 Å². The molecule has 1 amide bonds. The van der Waals surface area contributed by atoms with Crippen LogP contribution in [0, 0.1) is 5.41 Å². The predicted octanol–water partition coefficient (Wildman–Crippen LogP) is 1.87. The molecule has 0 aromatic heterocycles. The summed E-state index contributed by atoms with van der Waals surface area (Å²) >= 11 is 0.146. The summed E-state index contributed by atoms with van der Waals surface area (Å²) in [5.74, 6) is 0. The molecule has 138 valence electrons. The van der Waals surface area contributed by atoms with E-state index in [2.05, 4.69) is 17.4 Å². The molecule has 1 heterocycles. The van der Waals surface area contributed by atoms with Crippen molar-refractivity contribution in [3.8, 4) is 0 Å². The van der Waals surface area contributed by atoms with Gasteiger partial charge in [0.25, 0.3) is 0 Å². The first-order chi connectivity index (χ1) is 11.8. The summed E-state index contributed by atoms with van der Waals surface area (Å²) in [4.78, 5) is 12.5. The number of carbonyl (C=O) groups is 1.